The molecule has 1 aliphatic rings. The van der Waals surface area contributed by atoms with Crippen molar-refractivity contribution in [2.75, 3.05) is 5.32 Å². The number of carbonyl (C=O) groups excluding carboxylic acids is 1. The van der Waals surface area contributed by atoms with Crippen LogP contribution in [0.15, 0.2) is 60.8 Å². The number of pyridine rings is 1. The summed E-state index contributed by atoms with van der Waals surface area (Å²) >= 11 is 0. The molecule has 5 rings (SSSR count). The number of carbonyl (C=O) groups is 1. The van der Waals surface area contributed by atoms with Gasteiger partial charge in [-0.15, -0.1) is 0 Å². The smallest absolute Gasteiger partial charge is 0.313 e. The number of nitrogens with one attached hydrogen (secondary N) is 2. The number of hydrogen-bond donors (Lipinski definition) is 2. The molecule has 144 valence electrons. The van der Waals surface area contributed by atoms with Crippen molar-refractivity contribution in [1.29, 1.82) is 0 Å². The fraction of sp³-hybridized carbons (Fsp3) is 0.174. The maximum absolute atomic E-state index is 12.7. The second kappa shape index (κ2) is 6.74. The molecule has 3 heterocycles. The Hall–Kier alpha value is -3.67. The summed E-state index contributed by atoms with van der Waals surface area (Å²) in [4.78, 5) is 19.0. The largest absolute Gasteiger partial charge is 0.322 e. The molecule has 0 spiro atoms. The molecular weight excluding hydrogens is 362 g/mol. The first kappa shape index (κ1) is 17.4. The highest BCUT2D eigenvalue weighted by atomic mass is 16.2. The predicted molar refractivity (Wildman–Crippen MR) is 113 cm³/mol. The van der Waals surface area contributed by atoms with Gasteiger partial charge in [0.1, 0.15) is 5.69 Å². The number of rotatable bonds is 3. The maximum atomic E-state index is 12.7. The normalized spacial score (nSPS) is 14.6. The van der Waals surface area contributed by atoms with E-state index in [0.717, 1.165) is 44.7 Å². The molecule has 29 heavy (non-hydrogen) atoms. The Labute approximate surface area is 168 Å². The van der Waals surface area contributed by atoms with E-state index < -0.39 is 0 Å². The van der Waals surface area contributed by atoms with Gasteiger partial charge in [0.25, 0.3) is 0 Å². The number of aromatic amines is 1. The van der Waals surface area contributed by atoms with E-state index in [0.29, 0.717) is 6.54 Å². The highest BCUT2D eigenvalue weighted by Gasteiger charge is 2.28. The summed E-state index contributed by atoms with van der Waals surface area (Å²) in [7, 11) is 0. The number of nitrogens with zero attached hydrogens (tertiary/aromatic N) is 3. The third-order valence-corrected chi connectivity index (χ3v) is 5.56. The number of fused-ring (bicyclic) bond motifs is 2. The molecule has 2 aromatic heterocycles. The van der Waals surface area contributed by atoms with Crippen molar-refractivity contribution in [1.82, 2.24) is 20.1 Å². The van der Waals surface area contributed by atoms with Gasteiger partial charge in [-0.1, -0.05) is 30.3 Å². The standard InChI is InChI=1S/C23H21N5O/c1-14-8-9-17(12-24-14)22-19-10-18-13-28(15(2)16-6-4-3-5-7-16)23(29)25-20(18)11-21(19)26-27-22/h3-12,15H,13H2,1-2H3,(H,25,29)(H,26,27). The van der Waals surface area contributed by atoms with Crippen LogP contribution in [0.5, 0.6) is 0 Å². The number of anilines is 1. The van der Waals surface area contributed by atoms with Crippen molar-refractivity contribution < 1.29 is 4.79 Å². The minimum absolute atomic E-state index is 0.0230. The lowest BCUT2D eigenvalue weighted by atomic mass is 10.0. The fourth-order valence-electron chi connectivity index (χ4n) is 3.85. The quantitative estimate of drug-likeness (QED) is 0.520. The number of amides is 2. The predicted octanol–water partition coefficient (Wildman–Crippen LogP) is 5.04. The highest BCUT2D eigenvalue weighted by Crippen LogP contribution is 2.35. The van der Waals surface area contributed by atoms with Crippen molar-refractivity contribution >= 4 is 22.6 Å². The van der Waals surface area contributed by atoms with Gasteiger partial charge in [-0.25, -0.2) is 4.79 Å². The van der Waals surface area contributed by atoms with Gasteiger partial charge >= 0.3 is 6.03 Å². The Morgan fingerprint density at radius 1 is 1.10 bits per heavy atom. The molecule has 0 radical (unpaired) electrons. The van der Waals surface area contributed by atoms with E-state index in [4.69, 9.17) is 0 Å². The van der Waals surface area contributed by atoms with Crippen LogP contribution in [-0.2, 0) is 6.54 Å². The Bertz CT molecular complexity index is 1200. The minimum atomic E-state index is -0.0873. The molecule has 0 aliphatic carbocycles. The van der Waals surface area contributed by atoms with Gasteiger partial charge in [0.05, 0.1) is 18.1 Å². The molecule has 1 unspecified atom stereocenters. The van der Waals surface area contributed by atoms with E-state index in [9.17, 15) is 4.79 Å². The van der Waals surface area contributed by atoms with Gasteiger partial charge in [0.2, 0.25) is 0 Å². The average Bonchev–Trinajstić information content (AvgIpc) is 3.15. The van der Waals surface area contributed by atoms with Gasteiger partial charge in [0, 0.05) is 28.5 Å². The van der Waals surface area contributed by atoms with Crippen LogP contribution in [0.25, 0.3) is 22.2 Å². The van der Waals surface area contributed by atoms with Crippen LogP contribution in [0.2, 0.25) is 0 Å². The van der Waals surface area contributed by atoms with Gasteiger partial charge in [-0.3, -0.25) is 10.1 Å². The Kier molecular flexibility index (Phi) is 4.05. The van der Waals surface area contributed by atoms with Crippen LogP contribution in [0.1, 0.15) is 29.8 Å². The van der Waals surface area contributed by atoms with Crippen molar-refractivity contribution in [3.8, 4) is 11.3 Å². The lowest BCUT2D eigenvalue weighted by molar-refractivity contribution is 0.186. The number of aryl methyl sites for hydroxylation is 1. The SMILES string of the molecule is Cc1ccc(-c2n[nH]c3cc4c(cc23)CN(C(C)c2ccccc2)C(=O)N4)cn1. The molecule has 4 aromatic rings. The Balaban J connectivity index is 1.54. The van der Waals surface area contributed by atoms with Gasteiger partial charge < -0.3 is 10.2 Å². The highest BCUT2D eigenvalue weighted by molar-refractivity contribution is 6.00. The third kappa shape index (κ3) is 3.02. The first-order valence-electron chi connectivity index (χ1n) is 9.67. The van der Waals surface area contributed by atoms with Crippen LogP contribution in [0, 0.1) is 6.92 Å². The van der Waals surface area contributed by atoms with Gasteiger partial charge in [-0.05, 0) is 49.2 Å². The summed E-state index contributed by atoms with van der Waals surface area (Å²) in [6, 6.07) is 18.1. The molecule has 2 amide bonds. The third-order valence-electron chi connectivity index (χ3n) is 5.56. The number of H-pyrrole nitrogens is 1. The van der Waals surface area contributed by atoms with Crippen LogP contribution in [0.4, 0.5) is 10.5 Å². The van der Waals surface area contributed by atoms with E-state index in [1.165, 1.54) is 0 Å². The number of urea groups is 1. The molecule has 6 nitrogen and oxygen atoms in total. The molecule has 0 saturated heterocycles. The Morgan fingerprint density at radius 3 is 2.69 bits per heavy atom. The molecular formula is C23H21N5O. The van der Waals surface area contributed by atoms with Crippen LogP contribution < -0.4 is 5.32 Å². The van der Waals surface area contributed by atoms with Crippen molar-refractivity contribution in [3.63, 3.8) is 0 Å². The summed E-state index contributed by atoms with van der Waals surface area (Å²) in [5.74, 6) is 0. The maximum Gasteiger partial charge on any atom is 0.322 e. The summed E-state index contributed by atoms with van der Waals surface area (Å²) in [6.45, 7) is 4.57. The summed E-state index contributed by atoms with van der Waals surface area (Å²) in [5, 5.41) is 11.6. The first-order valence-corrected chi connectivity index (χ1v) is 9.67. The molecule has 6 heteroatoms. The van der Waals surface area contributed by atoms with E-state index >= 15 is 0 Å². The lowest BCUT2D eigenvalue weighted by Crippen LogP contribution is -2.40. The zero-order valence-corrected chi connectivity index (χ0v) is 16.3. The van der Waals surface area contributed by atoms with Crippen molar-refractivity contribution in [2.24, 2.45) is 0 Å². The number of benzene rings is 2. The van der Waals surface area contributed by atoms with Crippen LogP contribution >= 0.6 is 0 Å². The van der Waals surface area contributed by atoms with Crippen LogP contribution in [-0.4, -0.2) is 26.1 Å². The second-order valence-electron chi connectivity index (χ2n) is 7.46. The monoisotopic (exact) mass is 383 g/mol. The zero-order valence-electron chi connectivity index (χ0n) is 16.3. The number of hydrogen-bond acceptors (Lipinski definition) is 3. The van der Waals surface area contributed by atoms with E-state index in [1.54, 1.807) is 0 Å². The molecule has 1 atom stereocenters. The summed E-state index contributed by atoms with van der Waals surface area (Å²) in [5.41, 5.74) is 6.72. The molecule has 0 bridgehead atoms. The second-order valence-corrected chi connectivity index (χ2v) is 7.46. The Morgan fingerprint density at radius 2 is 1.93 bits per heavy atom. The first-order chi connectivity index (χ1) is 14.1. The molecule has 1 aliphatic heterocycles. The molecule has 0 saturated carbocycles. The van der Waals surface area contributed by atoms with E-state index in [2.05, 4.69) is 45.6 Å². The van der Waals surface area contributed by atoms with Gasteiger partial charge in [-0.2, -0.15) is 5.10 Å². The lowest BCUT2D eigenvalue weighted by Gasteiger charge is -2.34. The summed E-state index contributed by atoms with van der Waals surface area (Å²) < 4.78 is 0. The van der Waals surface area contributed by atoms with Crippen LogP contribution in [0.3, 0.4) is 0 Å². The van der Waals surface area contributed by atoms with Crippen molar-refractivity contribution in [3.05, 3.63) is 77.6 Å². The fourth-order valence-corrected chi connectivity index (χ4v) is 3.85. The van der Waals surface area contributed by atoms with E-state index in [-0.39, 0.29) is 12.1 Å². The van der Waals surface area contributed by atoms with E-state index in [1.807, 2.05) is 54.4 Å². The molecule has 0 fully saturated rings. The average molecular weight is 383 g/mol. The minimum Gasteiger partial charge on any atom is -0.313 e. The molecule has 2 N–H and O–H groups in total. The molecule has 2 aromatic carbocycles. The van der Waals surface area contributed by atoms with Gasteiger partial charge in [0.15, 0.2) is 0 Å². The topological polar surface area (TPSA) is 73.9 Å². The zero-order chi connectivity index (χ0) is 20.0. The number of aromatic nitrogens is 3. The summed E-state index contributed by atoms with van der Waals surface area (Å²) in [6.07, 6.45) is 1.84. The van der Waals surface area contributed by atoms with Crippen molar-refractivity contribution in [2.45, 2.75) is 26.4 Å².